The van der Waals surface area contributed by atoms with E-state index in [9.17, 15) is 5.11 Å². The Morgan fingerprint density at radius 3 is 2.78 bits per heavy atom. The molecule has 0 aliphatic heterocycles. The van der Waals surface area contributed by atoms with Gasteiger partial charge in [-0.2, -0.15) is 0 Å². The largest absolute Gasteiger partial charge is 0.508 e. The molecule has 1 aliphatic carbocycles. The first-order chi connectivity index (χ1) is 8.54. The monoisotopic (exact) mass is 310 g/mol. The highest BCUT2D eigenvalue weighted by Crippen LogP contribution is 2.46. The van der Waals surface area contributed by atoms with Crippen molar-refractivity contribution < 1.29 is 9.84 Å². The minimum absolute atomic E-state index is 0.237. The van der Waals surface area contributed by atoms with E-state index in [0.29, 0.717) is 11.7 Å². The number of hydrogen-bond donors (Lipinski definition) is 1. The zero-order valence-electron chi connectivity index (χ0n) is 10.9. The maximum absolute atomic E-state index is 10.2. The number of phenolic OH excluding ortho intramolecular Hbond substituents is 1. The molecule has 2 unspecified atom stereocenters. The molecule has 0 radical (unpaired) electrons. The summed E-state index contributed by atoms with van der Waals surface area (Å²) in [5, 5.41) is 10.2. The van der Waals surface area contributed by atoms with Gasteiger partial charge in [-0.25, -0.2) is 0 Å². The van der Waals surface area contributed by atoms with Crippen LogP contribution < -0.4 is 4.74 Å². The first-order valence-electron chi connectivity index (χ1n) is 6.28. The lowest BCUT2D eigenvalue weighted by Gasteiger charge is -2.32. The van der Waals surface area contributed by atoms with Crippen LogP contribution in [0.5, 0.6) is 11.5 Å². The smallest absolute Gasteiger partial charge is 0.133 e. The summed E-state index contributed by atoms with van der Waals surface area (Å²) in [6.45, 7) is 6.40. The van der Waals surface area contributed by atoms with Crippen LogP contribution in [0.15, 0.2) is 28.8 Å². The van der Waals surface area contributed by atoms with E-state index in [-0.39, 0.29) is 5.92 Å². The van der Waals surface area contributed by atoms with Crippen LogP contribution in [0.3, 0.4) is 0 Å². The Hall–Kier alpha value is -0.960. The Balaban J connectivity index is 2.45. The maximum atomic E-state index is 10.2. The van der Waals surface area contributed by atoms with Gasteiger partial charge in [-0.05, 0) is 53.2 Å². The van der Waals surface area contributed by atoms with Gasteiger partial charge in [-0.15, -0.1) is 0 Å². The number of allylic oxidation sites excluding steroid dienone is 1. The van der Waals surface area contributed by atoms with Gasteiger partial charge in [0.05, 0.1) is 11.6 Å². The minimum atomic E-state index is 0.237. The highest BCUT2D eigenvalue weighted by molar-refractivity contribution is 9.10. The van der Waals surface area contributed by atoms with Crippen LogP contribution in [-0.2, 0) is 0 Å². The van der Waals surface area contributed by atoms with Crippen molar-refractivity contribution in [1.82, 2.24) is 0 Å². The predicted molar refractivity (Wildman–Crippen MR) is 77.3 cm³/mol. The molecule has 0 saturated heterocycles. The third-order valence-corrected chi connectivity index (χ3v) is 4.42. The van der Waals surface area contributed by atoms with Crippen LogP contribution in [0.25, 0.3) is 0 Å². The number of ether oxygens (including phenoxy) is 1. The topological polar surface area (TPSA) is 29.5 Å². The molecule has 18 heavy (non-hydrogen) atoms. The fraction of sp³-hybridized carbons (Fsp3) is 0.467. The van der Waals surface area contributed by atoms with Gasteiger partial charge in [-0.1, -0.05) is 19.1 Å². The molecular formula is C15H19BrO2. The summed E-state index contributed by atoms with van der Waals surface area (Å²) in [5.41, 5.74) is 2.15. The molecule has 2 nitrogen and oxygen atoms in total. The predicted octanol–water partition coefficient (Wildman–Crippen LogP) is 4.62. The lowest BCUT2D eigenvalue weighted by molar-refractivity contribution is 0.378. The van der Waals surface area contributed by atoms with Crippen molar-refractivity contribution in [2.24, 2.45) is 5.92 Å². The van der Waals surface area contributed by atoms with E-state index in [0.717, 1.165) is 22.2 Å². The summed E-state index contributed by atoms with van der Waals surface area (Å²) in [4.78, 5) is 0. The van der Waals surface area contributed by atoms with Gasteiger partial charge in [0.2, 0.25) is 0 Å². The molecule has 0 amide bonds. The standard InChI is InChI=1S/C15H19BrO2/c1-9-5-4-6-10(2)15(9)11-7-14(18-3)12(16)8-13(11)17/h7-8,10,15,17H,1,4-6H2,2-3H3. The van der Waals surface area contributed by atoms with Gasteiger partial charge in [0.15, 0.2) is 0 Å². The van der Waals surface area contributed by atoms with Gasteiger partial charge in [0.1, 0.15) is 11.5 Å². The number of hydrogen-bond acceptors (Lipinski definition) is 2. The molecule has 3 heteroatoms. The number of benzene rings is 1. The maximum Gasteiger partial charge on any atom is 0.133 e. The van der Waals surface area contributed by atoms with Crippen LogP contribution >= 0.6 is 15.9 Å². The van der Waals surface area contributed by atoms with Crippen molar-refractivity contribution >= 4 is 15.9 Å². The second-order valence-electron chi connectivity index (χ2n) is 5.05. The molecular weight excluding hydrogens is 292 g/mol. The van der Waals surface area contributed by atoms with Gasteiger partial charge < -0.3 is 9.84 Å². The molecule has 0 aromatic heterocycles. The van der Waals surface area contributed by atoms with E-state index in [1.165, 1.54) is 18.4 Å². The van der Waals surface area contributed by atoms with Crippen molar-refractivity contribution in [3.8, 4) is 11.5 Å². The Bertz CT molecular complexity index is 468. The molecule has 0 spiro atoms. The van der Waals surface area contributed by atoms with Gasteiger partial charge in [0, 0.05) is 11.5 Å². The second-order valence-corrected chi connectivity index (χ2v) is 5.91. The fourth-order valence-corrected chi connectivity index (χ4v) is 3.36. The highest BCUT2D eigenvalue weighted by atomic mass is 79.9. The van der Waals surface area contributed by atoms with Gasteiger partial charge in [-0.3, -0.25) is 0 Å². The molecule has 1 aromatic rings. The van der Waals surface area contributed by atoms with Crippen LogP contribution in [0.1, 0.15) is 37.7 Å². The van der Waals surface area contributed by atoms with Crippen molar-refractivity contribution in [3.63, 3.8) is 0 Å². The van der Waals surface area contributed by atoms with Crippen LogP contribution in [0.2, 0.25) is 0 Å². The van der Waals surface area contributed by atoms with E-state index >= 15 is 0 Å². The molecule has 2 rings (SSSR count). The molecule has 1 aliphatic rings. The number of rotatable bonds is 2. The van der Waals surface area contributed by atoms with Gasteiger partial charge >= 0.3 is 0 Å². The Labute approximate surface area is 117 Å². The molecule has 0 bridgehead atoms. The molecule has 0 heterocycles. The van der Waals surface area contributed by atoms with Crippen LogP contribution in [0.4, 0.5) is 0 Å². The molecule has 2 atom stereocenters. The van der Waals surface area contributed by atoms with Crippen molar-refractivity contribution in [3.05, 3.63) is 34.3 Å². The number of halogens is 1. The first-order valence-corrected chi connectivity index (χ1v) is 7.08. The van der Waals surface area contributed by atoms with Crippen molar-refractivity contribution in [1.29, 1.82) is 0 Å². The number of phenols is 1. The number of methoxy groups -OCH3 is 1. The van der Waals surface area contributed by atoms with Crippen LogP contribution in [-0.4, -0.2) is 12.2 Å². The van der Waals surface area contributed by atoms with E-state index < -0.39 is 0 Å². The summed E-state index contributed by atoms with van der Waals surface area (Å²) >= 11 is 3.39. The quantitative estimate of drug-likeness (QED) is 0.807. The summed E-state index contributed by atoms with van der Waals surface area (Å²) < 4.78 is 6.09. The van der Waals surface area contributed by atoms with E-state index in [2.05, 4.69) is 29.4 Å². The normalized spacial score (nSPS) is 24.1. The summed E-state index contributed by atoms with van der Waals surface area (Å²) in [5.74, 6) is 1.83. The lowest BCUT2D eigenvalue weighted by atomic mass is 9.73. The minimum Gasteiger partial charge on any atom is -0.508 e. The molecule has 1 aromatic carbocycles. The summed E-state index contributed by atoms with van der Waals surface area (Å²) in [7, 11) is 1.64. The Morgan fingerprint density at radius 1 is 1.44 bits per heavy atom. The lowest BCUT2D eigenvalue weighted by Crippen LogP contribution is -2.17. The van der Waals surface area contributed by atoms with Gasteiger partial charge in [0.25, 0.3) is 0 Å². The summed E-state index contributed by atoms with van der Waals surface area (Å²) in [6, 6.07) is 3.64. The second kappa shape index (κ2) is 5.35. The highest BCUT2D eigenvalue weighted by Gasteiger charge is 2.28. The van der Waals surface area contributed by atoms with E-state index in [1.54, 1.807) is 13.2 Å². The third kappa shape index (κ3) is 2.41. The Kier molecular flexibility index (Phi) is 4.00. The van der Waals surface area contributed by atoms with E-state index in [1.807, 2.05) is 6.07 Å². The zero-order valence-corrected chi connectivity index (χ0v) is 12.5. The average Bonchev–Trinajstić information content (AvgIpc) is 2.31. The van der Waals surface area contributed by atoms with Crippen molar-refractivity contribution in [2.45, 2.75) is 32.1 Å². The Morgan fingerprint density at radius 2 is 2.17 bits per heavy atom. The molecule has 1 N–H and O–H groups in total. The molecule has 1 fully saturated rings. The van der Waals surface area contributed by atoms with Crippen LogP contribution in [0, 0.1) is 5.92 Å². The third-order valence-electron chi connectivity index (χ3n) is 3.80. The zero-order chi connectivity index (χ0) is 13.3. The van der Waals surface area contributed by atoms with Crippen molar-refractivity contribution in [2.75, 3.05) is 7.11 Å². The summed E-state index contributed by atoms with van der Waals surface area (Å²) in [6.07, 6.45) is 3.43. The number of aromatic hydroxyl groups is 1. The first kappa shape index (κ1) is 13.5. The molecule has 98 valence electrons. The average molecular weight is 311 g/mol. The fourth-order valence-electron chi connectivity index (χ4n) is 2.87. The van der Waals surface area contributed by atoms with E-state index in [4.69, 9.17) is 4.74 Å². The molecule has 1 saturated carbocycles. The SMILES string of the molecule is C=C1CCCC(C)C1c1cc(OC)c(Br)cc1O.